The molecule has 2 aromatic heterocycles. The Hall–Kier alpha value is -3.03. The van der Waals surface area contributed by atoms with E-state index in [2.05, 4.69) is 15.5 Å². The van der Waals surface area contributed by atoms with Gasteiger partial charge in [0.05, 0.1) is 11.8 Å². The molecular formula is C16H13F2N3O3. The zero-order valence-corrected chi connectivity index (χ0v) is 12.7. The number of aryl methyl sites for hydroxylation is 2. The van der Waals surface area contributed by atoms with Crippen LogP contribution in [-0.4, -0.2) is 16.0 Å². The van der Waals surface area contributed by atoms with Gasteiger partial charge in [0.1, 0.15) is 17.4 Å². The van der Waals surface area contributed by atoms with Crippen molar-refractivity contribution in [2.24, 2.45) is 0 Å². The van der Waals surface area contributed by atoms with Gasteiger partial charge in [0.2, 0.25) is 5.91 Å². The van der Waals surface area contributed by atoms with Crippen LogP contribution in [0.4, 0.5) is 14.6 Å². The van der Waals surface area contributed by atoms with Gasteiger partial charge in [-0.05, 0) is 19.1 Å². The molecule has 0 saturated heterocycles. The Morgan fingerprint density at radius 2 is 2.12 bits per heavy atom. The fourth-order valence-electron chi connectivity index (χ4n) is 2.09. The number of aromatic nitrogens is 2. The second-order valence-electron chi connectivity index (χ2n) is 5.11. The Balaban J connectivity index is 1.60. The molecule has 1 aromatic carbocycles. The molecule has 0 bridgehead atoms. The predicted octanol–water partition coefficient (Wildman–Crippen LogP) is 3.49. The van der Waals surface area contributed by atoms with Crippen molar-refractivity contribution in [3.63, 3.8) is 0 Å². The highest BCUT2D eigenvalue weighted by Crippen LogP contribution is 2.24. The normalized spacial score (nSPS) is 10.8. The van der Waals surface area contributed by atoms with E-state index in [1.54, 1.807) is 13.0 Å². The maximum atomic E-state index is 13.7. The van der Waals surface area contributed by atoms with Gasteiger partial charge in [0.25, 0.3) is 0 Å². The Bertz CT molecular complexity index is 873. The van der Waals surface area contributed by atoms with E-state index in [9.17, 15) is 13.6 Å². The Morgan fingerprint density at radius 3 is 2.83 bits per heavy atom. The molecule has 1 amide bonds. The largest absolute Gasteiger partial charge is 0.441 e. The van der Waals surface area contributed by atoms with Crippen LogP contribution < -0.4 is 5.32 Å². The average Bonchev–Trinajstić information content (AvgIpc) is 3.14. The summed E-state index contributed by atoms with van der Waals surface area (Å²) in [5.41, 5.74) is 0.109. The SMILES string of the molecule is Cc1cc(NC(=O)CCc2ncc(-c3ccc(F)cc3F)o2)no1. The molecule has 0 spiro atoms. The summed E-state index contributed by atoms with van der Waals surface area (Å²) in [6.45, 7) is 1.71. The van der Waals surface area contributed by atoms with Crippen LogP contribution in [0.15, 0.2) is 39.4 Å². The minimum atomic E-state index is -0.739. The molecule has 2 heterocycles. The molecule has 6 nitrogen and oxygen atoms in total. The highest BCUT2D eigenvalue weighted by molar-refractivity contribution is 5.89. The van der Waals surface area contributed by atoms with E-state index in [0.717, 1.165) is 12.1 Å². The number of nitrogens with one attached hydrogen (secondary N) is 1. The highest BCUT2D eigenvalue weighted by Gasteiger charge is 2.13. The lowest BCUT2D eigenvalue weighted by Crippen LogP contribution is -2.12. The van der Waals surface area contributed by atoms with Gasteiger partial charge in [0, 0.05) is 25.0 Å². The molecule has 124 valence electrons. The van der Waals surface area contributed by atoms with E-state index in [0.29, 0.717) is 11.6 Å². The Labute approximate surface area is 135 Å². The summed E-state index contributed by atoms with van der Waals surface area (Å²) < 4.78 is 36.9. The first-order chi connectivity index (χ1) is 11.5. The molecule has 0 saturated carbocycles. The van der Waals surface area contributed by atoms with Crippen molar-refractivity contribution in [3.8, 4) is 11.3 Å². The summed E-state index contributed by atoms with van der Waals surface area (Å²) in [6, 6.07) is 4.77. The van der Waals surface area contributed by atoms with Gasteiger partial charge < -0.3 is 14.3 Å². The third-order valence-corrected chi connectivity index (χ3v) is 3.21. The zero-order chi connectivity index (χ0) is 17.1. The van der Waals surface area contributed by atoms with Crippen molar-refractivity contribution >= 4 is 11.7 Å². The van der Waals surface area contributed by atoms with Gasteiger partial charge in [-0.2, -0.15) is 0 Å². The van der Waals surface area contributed by atoms with Crippen LogP contribution in [0, 0.1) is 18.6 Å². The zero-order valence-electron chi connectivity index (χ0n) is 12.7. The first-order valence-electron chi connectivity index (χ1n) is 7.14. The van der Waals surface area contributed by atoms with Gasteiger partial charge in [-0.25, -0.2) is 13.8 Å². The summed E-state index contributed by atoms with van der Waals surface area (Å²) in [4.78, 5) is 15.8. The molecule has 0 aliphatic rings. The quantitative estimate of drug-likeness (QED) is 0.773. The molecule has 0 aliphatic carbocycles. The smallest absolute Gasteiger partial charge is 0.226 e. The van der Waals surface area contributed by atoms with E-state index < -0.39 is 11.6 Å². The molecule has 1 N–H and O–H groups in total. The lowest BCUT2D eigenvalue weighted by Gasteiger charge is -2.00. The van der Waals surface area contributed by atoms with Crippen molar-refractivity contribution in [3.05, 3.63) is 53.7 Å². The second-order valence-corrected chi connectivity index (χ2v) is 5.11. The summed E-state index contributed by atoms with van der Waals surface area (Å²) >= 11 is 0. The van der Waals surface area contributed by atoms with Crippen LogP contribution in [0.5, 0.6) is 0 Å². The fourth-order valence-corrected chi connectivity index (χ4v) is 2.09. The van der Waals surface area contributed by atoms with Gasteiger partial charge in [-0.15, -0.1) is 0 Å². The maximum absolute atomic E-state index is 13.7. The number of nitrogens with zero attached hydrogens (tertiary/aromatic N) is 2. The van der Waals surface area contributed by atoms with Crippen LogP contribution in [0.25, 0.3) is 11.3 Å². The standard InChI is InChI=1S/C16H13F2N3O3/c1-9-6-14(21-24-9)20-15(22)4-5-16-19-8-13(23-16)11-3-2-10(17)7-12(11)18/h2-3,6-8H,4-5H2,1H3,(H,20,21,22). The second kappa shape index (κ2) is 6.61. The first kappa shape index (κ1) is 15.9. The van der Waals surface area contributed by atoms with Gasteiger partial charge >= 0.3 is 0 Å². The summed E-state index contributed by atoms with van der Waals surface area (Å²) in [6.07, 6.45) is 1.67. The minimum absolute atomic E-state index is 0.109. The van der Waals surface area contributed by atoms with Gasteiger partial charge in [-0.3, -0.25) is 4.79 Å². The third-order valence-electron chi connectivity index (χ3n) is 3.21. The van der Waals surface area contributed by atoms with E-state index in [4.69, 9.17) is 8.94 Å². The number of halogens is 2. The number of amides is 1. The van der Waals surface area contributed by atoms with Gasteiger partial charge in [0.15, 0.2) is 17.5 Å². The number of anilines is 1. The predicted molar refractivity (Wildman–Crippen MR) is 80.0 cm³/mol. The van der Waals surface area contributed by atoms with Crippen molar-refractivity contribution < 1.29 is 22.5 Å². The van der Waals surface area contributed by atoms with E-state index in [1.807, 2.05) is 0 Å². The average molecular weight is 333 g/mol. The summed E-state index contributed by atoms with van der Waals surface area (Å²) in [5, 5.41) is 6.22. The summed E-state index contributed by atoms with van der Waals surface area (Å²) in [7, 11) is 0. The number of hydrogen-bond donors (Lipinski definition) is 1. The van der Waals surface area contributed by atoms with E-state index >= 15 is 0 Å². The Kier molecular flexibility index (Phi) is 4.37. The molecule has 0 aliphatic heterocycles. The third kappa shape index (κ3) is 3.65. The number of carbonyl (C=O) groups excluding carboxylic acids is 1. The number of benzene rings is 1. The van der Waals surface area contributed by atoms with Crippen molar-refractivity contribution in [2.45, 2.75) is 19.8 Å². The van der Waals surface area contributed by atoms with Crippen LogP contribution >= 0.6 is 0 Å². The van der Waals surface area contributed by atoms with Crippen LogP contribution in [-0.2, 0) is 11.2 Å². The van der Waals surface area contributed by atoms with Crippen molar-refractivity contribution in [1.82, 2.24) is 10.1 Å². The molecule has 0 atom stereocenters. The lowest BCUT2D eigenvalue weighted by molar-refractivity contribution is -0.116. The maximum Gasteiger partial charge on any atom is 0.226 e. The van der Waals surface area contributed by atoms with Crippen molar-refractivity contribution in [2.75, 3.05) is 5.32 Å². The monoisotopic (exact) mass is 333 g/mol. The number of oxazole rings is 1. The molecule has 8 heteroatoms. The first-order valence-corrected chi connectivity index (χ1v) is 7.14. The molecular weight excluding hydrogens is 320 g/mol. The van der Waals surface area contributed by atoms with Gasteiger partial charge in [-0.1, -0.05) is 5.16 Å². The number of hydrogen-bond acceptors (Lipinski definition) is 5. The minimum Gasteiger partial charge on any atom is -0.441 e. The van der Waals surface area contributed by atoms with E-state index in [-0.39, 0.29) is 36.0 Å². The molecule has 0 fully saturated rings. The molecule has 24 heavy (non-hydrogen) atoms. The summed E-state index contributed by atoms with van der Waals surface area (Å²) in [5.74, 6) is -0.318. The Morgan fingerprint density at radius 1 is 1.29 bits per heavy atom. The van der Waals surface area contributed by atoms with Crippen LogP contribution in [0.2, 0.25) is 0 Å². The van der Waals surface area contributed by atoms with E-state index in [1.165, 1.54) is 12.3 Å². The fraction of sp³-hybridized carbons (Fsp3) is 0.188. The lowest BCUT2D eigenvalue weighted by atomic mass is 10.2. The molecule has 0 unspecified atom stereocenters. The van der Waals surface area contributed by atoms with Crippen LogP contribution in [0.1, 0.15) is 18.1 Å². The molecule has 0 radical (unpaired) electrons. The molecule has 3 aromatic rings. The molecule has 3 rings (SSSR count). The van der Waals surface area contributed by atoms with Crippen molar-refractivity contribution in [1.29, 1.82) is 0 Å². The topological polar surface area (TPSA) is 81.2 Å². The van der Waals surface area contributed by atoms with Crippen LogP contribution in [0.3, 0.4) is 0 Å². The highest BCUT2D eigenvalue weighted by atomic mass is 19.1. The number of rotatable bonds is 5. The number of carbonyl (C=O) groups is 1.